The van der Waals surface area contributed by atoms with Crippen LogP contribution in [0.4, 0.5) is 0 Å². The summed E-state index contributed by atoms with van der Waals surface area (Å²) in [5.41, 5.74) is 2.26. The number of unbranched alkanes of at least 4 members (excludes halogenated alkanes) is 4. The lowest BCUT2D eigenvalue weighted by Crippen LogP contribution is -2.68. The summed E-state index contributed by atoms with van der Waals surface area (Å²) in [5.74, 6) is -0.480. The third kappa shape index (κ3) is 13.8. The number of aryl methyl sites for hydroxylation is 1. The number of carbonyl (C=O) groups is 1. The van der Waals surface area contributed by atoms with Crippen molar-refractivity contribution in [1.82, 2.24) is 4.90 Å². The van der Waals surface area contributed by atoms with E-state index < -0.39 is 192 Å². The zero-order valence-electron chi connectivity index (χ0n) is 40.7. The molecule has 27 heteroatoms. The molecule has 6 rings (SSSR count). The Morgan fingerprint density at radius 3 is 1.22 bits per heavy atom. The molecule has 0 saturated carbocycles. The SMILES string of the molecule is C=Cc1ccc(CCCCCCCN(C(C)=O)[C@@H]2O[C@H](CO)[C@@H](O[C@H]3O[C@H](CO)[C@@H](O[C@H]4O[C@H](CO)[C@@H](O[C@H]5O[C@H](CO)[C@@H](O[C@H]6O[C@H](CO)[C@@H](O)[C@H](O)[C@H]6O)[C@H](O)[C@H]5O)[C@H](O)[C@H]4O)[C@H](O)[C@H]3O)[C@H](O)[C@H]2O)cc1. The van der Waals surface area contributed by atoms with Crippen molar-refractivity contribution in [2.75, 3.05) is 39.6 Å². The number of hydrogen-bond acceptors (Lipinski definition) is 26. The molecule has 16 N–H and O–H groups in total. The molecule has 5 aliphatic heterocycles. The zero-order chi connectivity index (χ0) is 54.1. The predicted octanol–water partition coefficient (Wildman–Crippen LogP) is -7.23. The highest BCUT2D eigenvalue weighted by Crippen LogP contribution is 2.36. The second-order valence-corrected chi connectivity index (χ2v) is 19.1. The Kier molecular flexibility index (Phi) is 22.8. The third-order valence-corrected chi connectivity index (χ3v) is 14.1. The molecule has 5 saturated heterocycles. The molecule has 5 heterocycles. The molecule has 5 aliphatic rings. The average Bonchev–Trinajstić information content (AvgIpc) is 3.40. The Hall–Kier alpha value is -2.57. The van der Waals surface area contributed by atoms with Crippen LogP contribution in [0.5, 0.6) is 0 Å². The van der Waals surface area contributed by atoms with Gasteiger partial charge < -0.3 is 129 Å². The van der Waals surface area contributed by atoms with Crippen LogP contribution >= 0.6 is 0 Å². The molecule has 74 heavy (non-hydrogen) atoms. The van der Waals surface area contributed by atoms with Crippen molar-refractivity contribution < 1.29 is 129 Å². The van der Waals surface area contributed by atoms with E-state index in [9.17, 15) is 86.5 Å². The molecule has 0 bridgehead atoms. The summed E-state index contributed by atoms with van der Waals surface area (Å²) in [6.07, 6.45) is -38.8. The fourth-order valence-corrected chi connectivity index (χ4v) is 9.72. The molecule has 1 amide bonds. The van der Waals surface area contributed by atoms with Gasteiger partial charge in [-0.3, -0.25) is 4.79 Å². The maximum absolute atomic E-state index is 12.8. The molecule has 5 fully saturated rings. The number of hydrogen-bond donors (Lipinski definition) is 16. The topological polar surface area (TPSA) is 427 Å². The molecule has 25 atom stereocenters. The standard InChI is InChI=1S/C47H75NO26/c1-3-21-10-12-22(13-11-21)9-7-5-4-6-8-14-48(20(2)54)43-34(61)30(57)39(24(16-50)66-43)71-45-36(63)32(59)41(26(18-52)68-45)73-47-38(65)33(60)42(27(19-53)70-47)74-46-37(64)31(58)40(25(17-51)69-46)72-44-35(62)29(56)28(55)23(15-49)67-44/h3,10-13,23-47,49-53,55-65H,1,4-9,14-19H2,2H3/t23-,24-,25-,26-,27-,28-,29+,30-,31-,32-,33-,34-,35-,36-,37-,38-,39-,40-,41-,42-,43-,44-,45-,46-,47-/m1/s1. The van der Waals surface area contributed by atoms with Crippen LogP contribution in [0.3, 0.4) is 0 Å². The third-order valence-electron chi connectivity index (χ3n) is 14.1. The number of nitrogens with zero attached hydrogens (tertiary/aromatic N) is 1. The fraction of sp³-hybridized carbons (Fsp3) is 0.809. The predicted molar refractivity (Wildman–Crippen MR) is 245 cm³/mol. The van der Waals surface area contributed by atoms with Crippen LogP contribution in [0.2, 0.25) is 0 Å². The van der Waals surface area contributed by atoms with E-state index in [0.717, 1.165) is 37.7 Å². The summed E-state index contributed by atoms with van der Waals surface area (Å²) >= 11 is 0. The summed E-state index contributed by atoms with van der Waals surface area (Å²) in [6.45, 7) is 0.649. The smallest absolute Gasteiger partial charge is 0.221 e. The van der Waals surface area contributed by atoms with Crippen LogP contribution in [0.1, 0.15) is 50.2 Å². The van der Waals surface area contributed by atoms with Gasteiger partial charge in [0, 0.05) is 13.5 Å². The highest BCUT2D eigenvalue weighted by Gasteiger charge is 2.57. The van der Waals surface area contributed by atoms with Crippen LogP contribution in [0.15, 0.2) is 30.8 Å². The van der Waals surface area contributed by atoms with Crippen molar-refractivity contribution in [1.29, 1.82) is 0 Å². The number of amides is 1. The van der Waals surface area contributed by atoms with Crippen molar-refractivity contribution in [2.45, 2.75) is 199 Å². The van der Waals surface area contributed by atoms with Crippen LogP contribution in [0.25, 0.3) is 6.08 Å². The van der Waals surface area contributed by atoms with E-state index in [1.165, 1.54) is 17.4 Å². The monoisotopic (exact) mass is 1070 g/mol. The van der Waals surface area contributed by atoms with Gasteiger partial charge in [-0.25, -0.2) is 0 Å². The van der Waals surface area contributed by atoms with Gasteiger partial charge in [0.05, 0.1) is 33.0 Å². The minimum atomic E-state index is -2.14. The molecular formula is C47H75NO26. The maximum Gasteiger partial charge on any atom is 0.221 e. The molecule has 0 aromatic heterocycles. The van der Waals surface area contributed by atoms with E-state index in [1.54, 1.807) is 6.08 Å². The maximum atomic E-state index is 12.8. The van der Waals surface area contributed by atoms with Crippen molar-refractivity contribution in [3.63, 3.8) is 0 Å². The first-order valence-corrected chi connectivity index (χ1v) is 24.7. The number of ether oxygens (including phenoxy) is 9. The average molecular weight is 1070 g/mol. The minimum Gasteiger partial charge on any atom is -0.394 e. The molecule has 0 radical (unpaired) electrons. The molecule has 1 aromatic carbocycles. The first-order valence-electron chi connectivity index (χ1n) is 24.7. The molecule has 27 nitrogen and oxygen atoms in total. The number of carbonyl (C=O) groups excluding carboxylic acids is 1. The van der Waals surface area contributed by atoms with Gasteiger partial charge in [0.15, 0.2) is 31.4 Å². The van der Waals surface area contributed by atoms with Crippen molar-refractivity contribution in [3.8, 4) is 0 Å². The van der Waals surface area contributed by atoms with Gasteiger partial charge >= 0.3 is 0 Å². The lowest BCUT2D eigenvalue weighted by molar-refractivity contribution is -0.392. The van der Waals surface area contributed by atoms with E-state index in [1.807, 2.05) is 12.1 Å². The van der Waals surface area contributed by atoms with Gasteiger partial charge in [0.25, 0.3) is 0 Å². The number of benzene rings is 1. The Balaban J connectivity index is 1.02. The summed E-state index contributed by atoms with van der Waals surface area (Å²) in [5, 5.41) is 171. The Bertz CT molecular complexity index is 1850. The second-order valence-electron chi connectivity index (χ2n) is 19.1. The highest BCUT2D eigenvalue weighted by atomic mass is 16.8. The zero-order valence-corrected chi connectivity index (χ0v) is 40.7. The number of aliphatic hydroxyl groups excluding tert-OH is 16. The largest absolute Gasteiger partial charge is 0.394 e. The Morgan fingerprint density at radius 1 is 0.473 bits per heavy atom. The highest BCUT2D eigenvalue weighted by molar-refractivity contribution is 5.73. The van der Waals surface area contributed by atoms with Crippen molar-refractivity contribution in [3.05, 3.63) is 42.0 Å². The van der Waals surface area contributed by atoms with Gasteiger partial charge in [0.2, 0.25) is 5.91 Å². The van der Waals surface area contributed by atoms with Gasteiger partial charge in [-0.2, -0.15) is 0 Å². The Labute approximate surface area is 425 Å². The van der Waals surface area contributed by atoms with E-state index in [4.69, 9.17) is 42.6 Å². The molecule has 424 valence electrons. The first-order chi connectivity index (χ1) is 35.3. The molecule has 1 aromatic rings. The van der Waals surface area contributed by atoms with Crippen LogP contribution in [-0.2, 0) is 53.8 Å². The van der Waals surface area contributed by atoms with Gasteiger partial charge in [-0.1, -0.05) is 56.2 Å². The number of aliphatic hydroxyl groups is 16. The van der Waals surface area contributed by atoms with Crippen LogP contribution in [0, 0.1) is 0 Å². The van der Waals surface area contributed by atoms with Gasteiger partial charge in [-0.15, -0.1) is 0 Å². The molecule has 0 unspecified atom stereocenters. The van der Waals surface area contributed by atoms with Crippen molar-refractivity contribution >= 4 is 12.0 Å². The quantitative estimate of drug-likeness (QED) is 0.0453. The number of rotatable bonds is 23. The Morgan fingerprint density at radius 2 is 0.824 bits per heavy atom. The second kappa shape index (κ2) is 27.8. The van der Waals surface area contributed by atoms with Crippen LogP contribution in [-0.4, -0.2) is 286 Å². The summed E-state index contributed by atoms with van der Waals surface area (Å²) in [7, 11) is 0. The van der Waals surface area contributed by atoms with Gasteiger partial charge in [-0.05, 0) is 30.4 Å². The van der Waals surface area contributed by atoms with E-state index in [2.05, 4.69) is 18.7 Å². The normalized spacial score (nSPS) is 43.0. The first kappa shape index (κ1) is 60.7. The lowest BCUT2D eigenvalue weighted by Gasteiger charge is -2.50. The minimum absolute atomic E-state index is 0.152. The van der Waals surface area contributed by atoms with E-state index in [0.29, 0.717) is 6.42 Å². The lowest BCUT2D eigenvalue weighted by atomic mass is 9.95. The molecule has 0 aliphatic carbocycles. The fourth-order valence-electron chi connectivity index (χ4n) is 9.72. The molecular weight excluding hydrogens is 994 g/mol. The van der Waals surface area contributed by atoms with Gasteiger partial charge in [0.1, 0.15) is 122 Å². The molecule has 0 spiro atoms. The summed E-state index contributed by atoms with van der Waals surface area (Å²) < 4.78 is 51.0. The van der Waals surface area contributed by atoms with Crippen molar-refractivity contribution in [2.24, 2.45) is 0 Å². The summed E-state index contributed by atoms with van der Waals surface area (Å²) in [4.78, 5) is 14.0. The van der Waals surface area contributed by atoms with Crippen LogP contribution < -0.4 is 0 Å². The summed E-state index contributed by atoms with van der Waals surface area (Å²) in [6, 6.07) is 8.15. The van der Waals surface area contributed by atoms with E-state index in [-0.39, 0.29) is 6.54 Å². The van der Waals surface area contributed by atoms with E-state index >= 15 is 0 Å².